The molecule has 0 bridgehead atoms. The molecular formula is C15H16O4S. The average Bonchev–Trinajstić information content (AvgIpc) is 2.46. The van der Waals surface area contributed by atoms with Crippen molar-refractivity contribution in [2.24, 2.45) is 0 Å². The van der Waals surface area contributed by atoms with Crippen molar-refractivity contribution < 1.29 is 19.7 Å². The standard InChI is InChI=1S/C15H16O4S/c1-15(18,14(17)19-2)9-20-13-8-7-12(16)10-5-3-4-6-11(10)13/h3-8,16,18H,9H2,1-2H3. The summed E-state index contributed by atoms with van der Waals surface area (Å²) in [5.41, 5.74) is -1.54. The Morgan fingerprint density at radius 2 is 1.90 bits per heavy atom. The molecule has 1 atom stereocenters. The highest BCUT2D eigenvalue weighted by Crippen LogP contribution is 2.34. The van der Waals surface area contributed by atoms with Gasteiger partial charge in [0.05, 0.1) is 7.11 Å². The smallest absolute Gasteiger partial charge is 0.338 e. The Bertz CT molecular complexity index is 637. The number of hydrogen-bond donors (Lipinski definition) is 2. The van der Waals surface area contributed by atoms with E-state index in [-0.39, 0.29) is 11.5 Å². The Morgan fingerprint density at radius 3 is 2.55 bits per heavy atom. The van der Waals surface area contributed by atoms with Crippen LogP contribution in [0.4, 0.5) is 0 Å². The lowest BCUT2D eigenvalue weighted by molar-refractivity contribution is -0.158. The van der Waals surface area contributed by atoms with E-state index in [1.165, 1.54) is 25.8 Å². The van der Waals surface area contributed by atoms with Crippen molar-refractivity contribution in [1.29, 1.82) is 0 Å². The summed E-state index contributed by atoms with van der Waals surface area (Å²) in [7, 11) is 1.25. The first-order chi connectivity index (χ1) is 9.45. The van der Waals surface area contributed by atoms with Gasteiger partial charge >= 0.3 is 5.97 Å². The fraction of sp³-hybridized carbons (Fsp3) is 0.267. The molecule has 0 aliphatic heterocycles. The van der Waals surface area contributed by atoms with Crippen LogP contribution in [0.25, 0.3) is 10.8 Å². The number of phenols is 1. The monoisotopic (exact) mass is 292 g/mol. The van der Waals surface area contributed by atoms with E-state index in [4.69, 9.17) is 0 Å². The highest BCUT2D eigenvalue weighted by atomic mass is 32.2. The van der Waals surface area contributed by atoms with E-state index in [0.29, 0.717) is 0 Å². The number of aromatic hydroxyl groups is 1. The maximum Gasteiger partial charge on any atom is 0.338 e. The van der Waals surface area contributed by atoms with Crippen molar-refractivity contribution in [3.63, 3.8) is 0 Å². The Balaban J connectivity index is 2.27. The number of carbonyl (C=O) groups excluding carboxylic acids is 1. The maximum absolute atomic E-state index is 11.4. The number of benzene rings is 2. The first kappa shape index (κ1) is 14.7. The number of aliphatic hydroxyl groups is 1. The maximum atomic E-state index is 11.4. The van der Waals surface area contributed by atoms with Crippen LogP contribution in [0, 0.1) is 0 Å². The molecule has 0 aromatic heterocycles. The van der Waals surface area contributed by atoms with Crippen LogP contribution < -0.4 is 0 Å². The summed E-state index contributed by atoms with van der Waals surface area (Å²) in [6.07, 6.45) is 0. The minimum Gasteiger partial charge on any atom is -0.507 e. The fourth-order valence-electron chi connectivity index (χ4n) is 1.88. The van der Waals surface area contributed by atoms with Crippen LogP contribution >= 0.6 is 11.8 Å². The predicted molar refractivity (Wildman–Crippen MR) is 79.0 cm³/mol. The average molecular weight is 292 g/mol. The highest BCUT2D eigenvalue weighted by molar-refractivity contribution is 7.99. The molecule has 2 aromatic rings. The summed E-state index contributed by atoms with van der Waals surface area (Å²) < 4.78 is 4.57. The highest BCUT2D eigenvalue weighted by Gasteiger charge is 2.31. The number of esters is 1. The van der Waals surface area contributed by atoms with Crippen molar-refractivity contribution in [3.8, 4) is 5.75 Å². The molecule has 20 heavy (non-hydrogen) atoms. The molecule has 2 aromatic carbocycles. The minimum atomic E-state index is -1.54. The summed E-state index contributed by atoms with van der Waals surface area (Å²) in [6.45, 7) is 1.43. The van der Waals surface area contributed by atoms with E-state index in [1.54, 1.807) is 12.1 Å². The zero-order valence-corrected chi connectivity index (χ0v) is 12.1. The van der Waals surface area contributed by atoms with Gasteiger partial charge in [0.25, 0.3) is 0 Å². The van der Waals surface area contributed by atoms with E-state index >= 15 is 0 Å². The summed E-state index contributed by atoms with van der Waals surface area (Å²) in [5.74, 6) is -0.271. The van der Waals surface area contributed by atoms with Crippen molar-refractivity contribution in [2.75, 3.05) is 12.9 Å². The van der Waals surface area contributed by atoms with E-state index in [2.05, 4.69) is 4.74 Å². The van der Waals surface area contributed by atoms with Crippen LogP contribution in [0.3, 0.4) is 0 Å². The molecule has 0 spiro atoms. The number of thioether (sulfide) groups is 1. The topological polar surface area (TPSA) is 66.8 Å². The molecule has 2 N–H and O–H groups in total. The summed E-state index contributed by atoms with van der Waals surface area (Å²) in [4.78, 5) is 12.3. The van der Waals surface area contributed by atoms with E-state index < -0.39 is 11.6 Å². The fourth-order valence-corrected chi connectivity index (χ4v) is 2.93. The van der Waals surface area contributed by atoms with Crippen molar-refractivity contribution in [3.05, 3.63) is 36.4 Å². The van der Waals surface area contributed by atoms with Gasteiger partial charge in [-0.05, 0) is 24.4 Å². The second-order valence-electron chi connectivity index (χ2n) is 4.68. The summed E-state index contributed by atoms with van der Waals surface area (Å²) in [6, 6.07) is 10.8. The van der Waals surface area contributed by atoms with Crippen molar-refractivity contribution >= 4 is 28.5 Å². The molecule has 0 saturated carbocycles. The Morgan fingerprint density at radius 1 is 1.25 bits per heavy atom. The van der Waals surface area contributed by atoms with Crippen LogP contribution in [0.5, 0.6) is 5.75 Å². The normalized spacial score (nSPS) is 13.9. The summed E-state index contributed by atoms with van der Waals surface area (Å²) in [5, 5.41) is 21.5. The van der Waals surface area contributed by atoms with Gasteiger partial charge in [0.1, 0.15) is 5.75 Å². The van der Waals surface area contributed by atoms with Gasteiger partial charge in [0, 0.05) is 16.0 Å². The third-order valence-electron chi connectivity index (χ3n) is 2.99. The van der Waals surface area contributed by atoms with Crippen molar-refractivity contribution in [2.45, 2.75) is 17.4 Å². The SMILES string of the molecule is COC(=O)C(C)(O)CSc1ccc(O)c2ccccc12. The van der Waals surface area contributed by atoms with Gasteiger partial charge in [-0.15, -0.1) is 11.8 Å². The second kappa shape index (κ2) is 5.73. The van der Waals surface area contributed by atoms with Crippen molar-refractivity contribution in [1.82, 2.24) is 0 Å². The molecule has 4 nitrogen and oxygen atoms in total. The van der Waals surface area contributed by atoms with Gasteiger partial charge in [-0.25, -0.2) is 4.79 Å². The molecule has 106 valence electrons. The van der Waals surface area contributed by atoms with Crippen LogP contribution in [-0.2, 0) is 9.53 Å². The Hall–Kier alpha value is -1.72. The number of carbonyl (C=O) groups is 1. The number of rotatable bonds is 4. The van der Waals surface area contributed by atoms with Gasteiger partial charge in [-0.3, -0.25) is 0 Å². The molecule has 0 amide bonds. The predicted octanol–water partition coefficient (Wildman–Crippen LogP) is 2.56. The molecule has 2 rings (SSSR count). The molecule has 5 heteroatoms. The number of methoxy groups -OCH3 is 1. The lowest BCUT2D eigenvalue weighted by Gasteiger charge is -2.20. The van der Waals surface area contributed by atoms with Gasteiger partial charge in [0.15, 0.2) is 5.60 Å². The van der Waals surface area contributed by atoms with Crippen LogP contribution in [0.2, 0.25) is 0 Å². The zero-order chi connectivity index (χ0) is 14.8. The molecule has 0 radical (unpaired) electrons. The summed E-state index contributed by atoms with van der Waals surface area (Å²) >= 11 is 1.35. The van der Waals surface area contributed by atoms with Crippen LogP contribution in [0.1, 0.15) is 6.92 Å². The van der Waals surface area contributed by atoms with E-state index in [9.17, 15) is 15.0 Å². The molecule has 0 saturated heterocycles. The second-order valence-corrected chi connectivity index (χ2v) is 5.70. The number of hydrogen-bond acceptors (Lipinski definition) is 5. The lowest BCUT2D eigenvalue weighted by atomic mass is 10.1. The zero-order valence-electron chi connectivity index (χ0n) is 11.3. The molecule has 1 unspecified atom stereocenters. The first-order valence-corrected chi connectivity index (χ1v) is 7.08. The quantitative estimate of drug-likeness (QED) is 0.669. The Labute approximate surface area is 121 Å². The van der Waals surface area contributed by atoms with E-state index in [0.717, 1.165) is 15.7 Å². The van der Waals surface area contributed by atoms with Gasteiger partial charge in [-0.1, -0.05) is 24.3 Å². The lowest BCUT2D eigenvalue weighted by Crippen LogP contribution is -2.38. The van der Waals surface area contributed by atoms with Gasteiger partial charge < -0.3 is 14.9 Å². The third kappa shape index (κ3) is 2.89. The molecule has 0 aliphatic rings. The molecule has 0 fully saturated rings. The molecular weight excluding hydrogens is 276 g/mol. The first-order valence-electron chi connectivity index (χ1n) is 6.10. The van der Waals surface area contributed by atoms with Gasteiger partial charge in [-0.2, -0.15) is 0 Å². The van der Waals surface area contributed by atoms with E-state index in [1.807, 2.05) is 24.3 Å². The number of phenolic OH excluding ortho intramolecular Hbond substituents is 1. The van der Waals surface area contributed by atoms with Crippen LogP contribution in [0.15, 0.2) is 41.3 Å². The number of ether oxygens (including phenoxy) is 1. The molecule has 0 heterocycles. The van der Waals surface area contributed by atoms with Crippen LogP contribution in [-0.4, -0.2) is 34.6 Å². The van der Waals surface area contributed by atoms with Gasteiger partial charge in [0.2, 0.25) is 0 Å². The molecule has 0 aliphatic carbocycles. The minimum absolute atomic E-state index is 0.175. The number of fused-ring (bicyclic) bond motifs is 1. The third-order valence-corrected chi connectivity index (χ3v) is 4.37. The Kier molecular flexibility index (Phi) is 4.20. The largest absolute Gasteiger partial charge is 0.507 e.